The van der Waals surface area contributed by atoms with E-state index in [4.69, 9.17) is 0 Å². The Balaban J connectivity index is 1.76. The molecule has 27 heavy (non-hydrogen) atoms. The normalized spacial score (nSPS) is 11.8. The second-order valence-corrected chi connectivity index (χ2v) is 7.91. The lowest BCUT2D eigenvalue weighted by molar-refractivity contribution is -0.120. The molecule has 0 atom stereocenters. The second kappa shape index (κ2) is 7.44. The minimum Gasteiger partial charge on any atom is -0.309 e. The van der Waals surface area contributed by atoms with Crippen molar-refractivity contribution in [3.05, 3.63) is 61.5 Å². The molecule has 0 saturated carbocycles. The van der Waals surface area contributed by atoms with Crippen LogP contribution in [0.4, 0.5) is 0 Å². The topological polar surface area (TPSA) is 87.2 Å². The monoisotopic (exact) mass is 382 g/mol. The number of hydrazone groups is 1. The van der Waals surface area contributed by atoms with Crippen LogP contribution in [0.1, 0.15) is 39.9 Å². The van der Waals surface area contributed by atoms with Crippen LogP contribution in [0, 0.1) is 27.7 Å². The SMILES string of the molecule is C/C(=N/NC(=O)Cc1nc2sc(C)c(C)c2c(=O)[nH]1)c1ccc(C)cc1C. The third-order valence-electron chi connectivity index (χ3n) is 4.54. The summed E-state index contributed by atoms with van der Waals surface area (Å²) in [6.07, 6.45) is -0.0369. The average Bonchev–Trinajstić information content (AvgIpc) is 2.87. The Hall–Kier alpha value is -2.80. The van der Waals surface area contributed by atoms with Crippen molar-refractivity contribution in [2.24, 2.45) is 5.10 Å². The molecule has 1 amide bonds. The standard InChI is InChI=1S/C20H22N4O2S/c1-10-6-7-15(11(2)8-10)13(4)23-24-17(25)9-16-21-19(26)18-12(3)14(5)27-20(18)22-16/h6-8H,9H2,1-5H3,(H,24,25)(H,21,22,26)/b23-13-. The first-order valence-electron chi connectivity index (χ1n) is 8.66. The number of nitrogens with one attached hydrogen (secondary N) is 2. The number of carbonyl (C=O) groups is 1. The molecule has 0 radical (unpaired) electrons. The Bertz CT molecular complexity index is 1120. The number of fused-ring (bicyclic) bond motifs is 1. The van der Waals surface area contributed by atoms with E-state index in [9.17, 15) is 9.59 Å². The van der Waals surface area contributed by atoms with E-state index in [1.165, 1.54) is 16.9 Å². The summed E-state index contributed by atoms with van der Waals surface area (Å²) < 4.78 is 0. The van der Waals surface area contributed by atoms with Gasteiger partial charge in [-0.25, -0.2) is 10.4 Å². The van der Waals surface area contributed by atoms with Crippen molar-refractivity contribution in [1.29, 1.82) is 0 Å². The minimum absolute atomic E-state index is 0.0369. The van der Waals surface area contributed by atoms with Gasteiger partial charge < -0.3 is 4.98 Å². The molecule has 3 rings (SSSR count). The van der Waals surface area contributed by atoms with Crippen LogP contribution in [0.2, 0.25) is 0 Å². The summed E-state index contributed by atoms with van der Waals surface area (Å²) in [6.45, 7) is 9.76. The molecule has 1 aromatic carbocycles. The van der Waals surface area contributed by atoms with Crippen molar-refractivity contribution < 1.29 is 4.79 Å². The summed E-state index contributed by atoms with van der Waals surface area (Å²) in [5.41, 5.74) is 7.26. The van der Waals surface area contributed by atoms with E-state index in [-0.39, 0.29) is 17.9 Å². The van der Waals surface area contributed by atoms with Gasteiger partial charge in [0.15, 0.2) is 0 Å². The molecule has 2 heterocycles. The van der Waals surface area contributed by atoms with E-state index in [2.05, 4.69) is 26.6 Å². The molecule has 0 unspecified atom stereocenters. The summed E-state index contributed by atoms with van der Waals surface area (Å²) in [7, 11) is 0. The maximum absolute atomic E-state index is 12.3. The quantitative estimate of drug-likeness (QED) is 0.536. The number of aromatic amines is 1. The largest absolute Gasteiger partial charge is 0.309 e. The summed E-state index contributed by atoms with van der Waals surface area (Å²) in [4.78, 5) is 33.3. The van der Waals surface area contributed by atoms with Crippen LogP contribution in [0.15, 0.2) is 28.1 Å². The molecular formula is C20H22N4O2S. The Kier molecular flexibility index (Phi) is 5.23. The Morgan fingerprint density at radius 3 is 2.70 bits per heavy atom. The van der Waals surface area contributed by atoms with E-state index in [0.717, 1.165) is 27.3 Å². The molecule has 0 aliphatic rings. The van der Waals surface area contributed by atoms with Crippen molar-refractivity contribution >= 4 is 33.2 Å². The van der Waals surface area contributed by atoms with Crippen LogP contribution in [0.25, 0.3) is 10.2 Å². The van der Waals surface area contributed by atoms with E-state index in [1.54, 1.807) is 0 Å². The molecule has 0 fully saturated rings. The highest BCUT2D eigenvalue weighted by atomic mass is 32.1. The van der Waals surface area contributed by atoms with Gasteiger partial charge in [0.1, 0.15) is 10.7 Å². The minimum atomic E-state index is -0.327. The summed E-state index contributed by atoms with van der Waals surface area (Å²) >= 11 is 1.46. The fourth-order valence-electron chi connectivity index (χ4n) is 3.00. The number of hydrogen-bond acceptors (Lipinski definition) is 5. The first kappa shape index (κ1) is 19.0. The van der Waals surface area contributed by atoms with Gasteiger partial charge in [-0.1, -0.05) is 23.8 Å². The molecule has 0 saturated heterocycles. The van der Waals surface area contributed by atoms with Crippen molar-refractivity contribution in [2.75, 3.05) is 0 Å². The van der Waals surface area contributed by atoms with Crippen molar-refractivity contribution in [2.45, 2.75) is 41.0 Å². The lowest BCUT2D eigenvalue weighted by atomic mass is 10.0. The second-order valence-electron chi connectivity index (χ2n) is 6.70. The molecule has 0 aliphatic carbocycles. The number of carbonyl (C=O) groups excluding carboxylic acids is 1. The van der Waals surface area contributed by atoms with Crippen molar-refractivity contribution in [3.8, 4) is 0 Å². The fourth-order valence-corrected chi connectivity index (χ4v) is 4.05. The molecule has 0 aliphatic heterocycles. The average molecular weight is 382 g/mol. The van der Waals surface area contributed by atoms with Gasteiger partial charge in [0.2, 0.25) is 5.91 Å². The van der Waals surface area contributed by atoms with Gasteiger partial charge in [0.05, 0.1) is 17.5 Å². The summed E-state index contributed by atoms with van der Waals surface area (Å²) in [6, 6.07) is 6.08. The summed E-state index contributed by atoms with van der Waals surface area (Å²) in [5, 5.41) is 4.79. The number of H-pyrrole nitrogens is 1. The van der Waals surface area contributed by atoms with Gasteiger partial charge >= 0.3 is 0 Å². The van der Waals surface area contributed by atoms with Gasteiger partial charge in [-0.2, -0.15) is 5.10 Å². The molecule has 2 N–H and O–H groups in total. The first-order chi connectivity index (χ1) is 12.8. The molecule has 7 heteroatoms. The van der Waals surface area contributed by atoms with Gasteiger partial charge in [-0.05, 0) is 45.7 Å². The smallest absolute Gasteiger partial charge is 0.259 e. The summed E-state index contributed by atoms with van der Waals surface area (Å²) in [5.74, 6) is 0.0113. The maximum atomic E-state index is 12.3. The number of amides is 1. The van der Waals surface area contributed by atoms with Gasteiger partial charge in [0.25, 0.3) is 5.56 Å². The highest BCUT2D eigenvalue weighted by Gasteiger charge is 2.13. The van der Waals surface area contributed by atoms with Crippen LogP contribution < -0.4 is 11.0 Å². The predicted molar refractivity (Wildman–Crippen MR) is 110 cm³/mol. The zero-order chi connectivity index (χ0) is 19.7. The predicted octanol–water partition coefficient (Wildman–Crippen LogP) is 3.30. The third kappa shape index (κ3) is 3.98. The zero-order valence-corrected chi connectivity index (χ0v) is 16.9. The number of rotatable bonds is 4. The van der Waals surface area contributed by atoms with Crippen LogP contribution in [-0.4, -0.2) is 21.6 Å². The van der Waals surface area contributed by atoms with Crippen LogP contribution in [-0.2, 0) is 11.2 Å². The van der Waals surface area contributed by atoms with Crippen LogP contribution in [0.5, 0.6) is 0 Å². The third-order valence-corrected chi connectivity index (χ3v) is 5.64. The fraction of sp³-hybridized carbons (Fsp3) is 0.300. The maximum Gasteiger partial charge on any atom is 0.259 e. The lowest BCUT2D eigenvalue weighted by Crippen LogP contribution is -2.24. The van der Waals surface area contributed by atoms with Gasteiger partial charge in [0, 0.05) is 10.4 Å². The van der Waals surface area contributed by atoms with E-state index in [1.807, 2.05) is 46.8 Å². The molecule has 140 valence electrons. The van der Waals surface area contributed by atoms with Crippen LogP contribution in [0.3, 0.4) is 0 Å². The molecule has 2 aromatic heterocycles. The van der Waals surface area contributed by atoms with Crippen molar-refractivity contribution in [1.82, 2.24) is 15.4 Å². The highest BCUT2D eigenvalue weighted by Crippen LogP contribution is 2.25. The van der Waals surface area contributed by atoms with Gasteiger partial charge in [-0.15, -0.1) is 11.3 Å². The molecule has 6 nitrogen and oxygen atoms in total. The van der Waals surface area contributed by atoms with Crippen LogP contribution >= 0.6 is 11.3 Å². The number of benzene rings is 1. The number of hydrogen-bond donors (Lipinski definition) is 2. The number of aryl methyl sites for hydroxylation is 4. The molecule has 3 aromatic rings. The highest BCUT2D eigenvalue weighted by molar-refractivity contribution is 7.18. The Morgan fingerprint density at radius 1 is 1.26 bits per heavy atom. The molecule has 0 bridgehead atoms. The zero-order valence-electron chi connectivity index (χ0n) is 16.1. The van der Waals surface area contributed by atoms with Gasteiger partial charge in [-0.3, -0.25) is 9.59 Å². The number of thiophene rings is 1. The number of nitrogens with zero attached hydrogens (tertiary/aromatic N) is 2. The van der Waals surface area contributed by atoms with E-state index in [0.29, 0.717) is 16.0 Å². The Morgan fingerprint density at radius 2 is 2.00 bits per heavy atom. The number of aromatic nitrogens is 2. The van der Waals surface area contributed by atoms with Crippen molar-refractivity contribution in [3.63, 3.8) is 0 Å². The van der Waals surface area contributed by atoms with E-state index < -0.39 is 0 Å². The Labute approximate surface area is 161 Å². The first-order valence-corrected chi connectivity index (χ1v) is 9.47. The lowest BCUT2D eigenvalue weighted by Gasteiger charge is -2.07. The van der Waals surface area contributed by atoms with E-state index >= 15 is 0 Å². The molecular weight excluding hydrogens is 360 g/mol. The molecule has 0 spiro atoms.